The van der Waals surface area contributed by atoms with Gasteiger partial charge in [0.2, 0.25) is 5.91 Å². The van der Waals surface area contributed by atoms with E-state index in [9.17, 15) is 35.9 Å². The molecule has 4 nitrogen and oxygen atoms in total. The van der Waals surface area contributed by atoms with Crippen LogP contribution in [0.1, 0.15) is 52.7 Å². The minimum absolute atomic E-state index is 0.0225. The van der Waals surface area contributed by atoms with Gasteiger partial charge in [-0.1, -0.05) is 31.2 Å². The van der Waals surface area contributed by atoms with E-state index in [1.165, 1.54) is 12.1 Å². The first kappa shape index (κ1) is 28.2. The largest absolute Gasteiger partial charge is 0.417 e. The van der Waals surface area contributed by atoms with Crippen LogP contribution in [0, 0.1) is 0 Å². The minimum Gasteiger partial charge on any atom is -0.345 e. The van der Waals surface area contributed by atoms with Gasteiger partial charge in [-0.25, -0.2) is 0 Å². The molecule has 36 heavy (non-hydrogen) atoms. The zero-order valence-electron chi connectivity index (χ0n) is 18.7. The number of rotatable bonds is 7. The van der Waals surface area contributed by atoms with Crippen LogP contribution >= 0.6 is 31.9 Å². The molecule has 1 saturated carbocycles. The summed E-state index contributed by atoms with van der Waals surface area (Å²) in [6.45, 7) is 0.269. The predicted octanol–water partition coefficient (Wildman–Crippen LogP) is 6.99. The van der Waals surface area contributed by atoms with Gasteiger partial charge in [0, 0.05) is 8.95 Å². The van der Waals surface area contributed by atoms with Gasteiger partial charge in [0.05, 0.1) is 11.1 Å². The van der Waals surface area contributed by atoms with Crippen LogP contribution in [-0.2, 0) is 11.0 Å². The molecule has 0 aromatic heterocycles. The first-order chi connectivity index (χ1) is 16.6. The van der Waals surface area contributed by atoms with Crippen molar-refractivity contribution in [2.24, 2.45) is 0 Å². The van der Waals surface area contributed by atoms with Crippen molar-refractivity contribution in [3.8, 4) is 0 Å². The van der Waals surface area contributed by atoms with Crippen LogP contribution in [0.2, 0.25) is 0 Å². The second kappa shape index (κ2) is 10.6. The highest BCUT2D eigenvalue weighted by atomic mass is 79.9. The van der Waals surface area contributed by atoms with Gasteiger partial charge < -0.3 is 10.6 Å². The molecule has 2 amide bonds. The van der Waals surface area contributed by atoms with Gasteiger partial charge in [0.1, 0.15) is 12.1 Å². The first-order valence-electron chi connectivity index (χ1n) is 10.6. The van der Waals surface area contributed by atoms with Crippen LogP contribution < -0.4 is 10.6 Å². The third-order valence-electron chi connectivity index (χ3n) is 5.63. The SMILES string of the molecule is CC(/C=C/c1ccc(C(=O)NC2(C(=O)NCC(F)(F)F)CC2)c(C(F)(F)F)c1)c1ccc(Br)c(Br)c1. The summed E-state index contributed by atoms with van der Waals surface area (Å²) in [5.74, 6) is -2.41. The second-order valence-electron chi connectivity index (χ2n) is 8.46. The van der Waals surface area contributed by atoms with E-state index in [-0.39, 0.29) is 24.3 Å². The number of benzene rings is 2. The molecule has 1 aliphatic carbocycles. The number of carbonyl (C=O) groups excluding carboxylic acids is 2. The van der Waals surface area contributed by atoms with Crippen molar-refractivity contribution in [1.29, 1.82) is 0 Å². The Morgan fingerprint density at radius 2 is 1.69 bits per heavy atom. The Morgan fingerprint density at radius 3 is 2.25 bits per heavy atom. The van der Waals surface area contributed by atoms with Gasteiger partial charge in [-0.3, -0.25) is 9.59 Å². The summed E-state index contributed by atoms with van der Waals surface area (Å²) >= 11 is 6.78. The number of carbonyl (C=O) groups is 2. The van der Waals surface area contributed by atoms with E-state index in [1.54, 1.807) is 11.4 Å². The van der Waals surface area contributed by atoms with Crippen LogP contribution in [0.5, 0.6) is 0 Å². The fraction of sp³-hybridized carbons (Fsp3) is 0.333. The molecule has 0 saturated heterocycles. The molecule has 0 spiro atoms. The summed E-state index contributed by atoms with van der Waals surface area (Å²) in [5.41, 5.74) is -2.47. The Kier molecular flexibility index (Phi) is 8.29. The minimum atomic E-state index is -4.88. The van der Waals surface area contributed by atoms with Gasteiger partial charge in [-0.2, -0.15) is 26.3 Å². The lowest BCUT2D eigenvalue weighted by atomic mass is 9.98. The maximum atomic E-state index is 13.8. The predicted molar refractivity (Wildman–Crippen MR) is 129 cm³/mol. The van der Waals surface area contributed by atoms with E-state index >= 15 is 0 Å². The van der Waals surface area contributed by atoms with Crippen LogP contribution in [-0.4, -0.2) is 30.1 Å². The Bertz CT molecular complexity index is 1190. The van der Waals surface area contributed by atoms with Crippen LogP contribution in [0.3, 0.4) is 0 Å². The fourth-order valence-electron chi connectivity index (χ4n) is 3.43. The van der Waals surface area contributed by atoms with Crippen molar-refractivity contribution in [3.05, 3.63) is 73.7 Å². The fourth-order valence-corrected chi connectivity index (χ4v) is 4.07. The zero-order chi connectivity index (χ0) is 26.9. The van der Waals surface area contributed by atoms with Crippen LogP contribution in [0.25, 0.3) is 6.08 Å². The molecule has 2 aromatic carbocycles. The number of nitrogens with one attached hydrogen (secondary N) is 2. The highest BCUT2D eigenvalue weighted by molar-refractivity contribution is 9.13. The quantitative estimate of drug-likeness (QED) is 0.320. The van der Waals surface area contributed by atoms with Crippen LogP contribution in [0.15, 0.2) is 51.4 Å². The van der Waals surface area contributed by atoms with Crippen molar-refractivity contribution in [1.82, 2.24) is 10.6 Å². The summed E-state index contributed by atoms with van der Waals surface area (Å²) in [4.78, 5) is 24.8. The summed E-state index contributed by atoms with van der Waals surface area (Å²) in [6.07, 6.45) is -6.27. The van der Waals surface area contributed by atoms with Gasteiger partial charge in [0.25, 0.3) is 5.91 Å². The molecule has 0 aliphatic heterocycles. The molecular formula is C24H20Br2F6N2O2. The van der Waals surface area contributed by atoms with E-state index in [2.05, 4.69) is 37.2 Å². The molecule has 1 unspecified atom stereocenters. The van der Waals surface area contributed by atoms with Crippen LogP contribution in [0.4, 0.5) is 26.3 Å². The normalized spacial score (nSPS) is 16.0. The molecule has 1 fully saturated rings. The van der Waals surface area contributed by atoms with Gasteiger partial charge in [-0.05, 0) is 86.0 Å². The van der Waals surface area contributed by atoms with E-state index < -0.39 is 47.4 Å². The average molecular weight is 642 g/mol. The lowest BCUT2D eigenvalue weighted by Crippen LogP contribution is -2.51. The number of allylic oxidation sites excluding steroid dienone is 1. The highest BCUT2D eigenvalue weighted by Crippen LogP contribution is 2.38. The lowest BCUT2D eigenvalue weighted by molar-refractivity contribution is -0.140. The topological polar surface area (TPSA) is 58.2 Å². The molecule has 3 rings (SSSR count). The summed E-state index contributed by atoms with van der Waals surface area (Å²) in [6, 6.07) is 8.73. The molecule has 0 bridgehead atoms. The van der Waals surface area contributed by atoms with Gasteiger partial charge in [-0.15, -0.1) is 0 Å². The maximum absolute atomic E-state index is 13.8. The van der Waals surface area contributed by atoms with E-state index in [0.717, 1.165) is 26.6 Å². The molecular weight excluding hydrogens is 622 g/mol. The molecule has 2 aromatic rings. The number of halogens is 8. The summed E-state index contributed by atoms with van der Waals surface area (Å²) < 4.78 is 80.2. The molecule has 194 valence electrons. The van der Waals surface area contributed by atoms with Crippen molar-refractivity contribution in [2.45, 2.75) is 43.6 Å². The molecule has 1 atom stereocenters. The summed E-state index contributed by atoms with van der Waals surface area (Å²) in [5, 5.41) is 3.86. The molecule has 1 aliphatic rings. The first-order valence-corrected chi connectivity index (χ1v) is 12.2. The third kappa shape index (κ3) is 7.12. The smallest absolute Gasteiger partial charge is 0.345 e. The third-order valence-corrected chi connectivity index (χ3v) is 7.51. The average Bonchev–Trinajstić information content (AvgIpc) is 3.57. The number of hydrogen-bond acceptors (Lipinski definition) is 2. The Morgan fingerprint density at radius 1 is 1.03 bits per heavy atom. The Hall–Kier alpha value is -2.34. The summed E-state index contributed by atoms with van der Waals surface area (Å²) in [7, 11) is 0. The zero-order valence-corrected chi connectivity index (χ0v) is 21.8. The van der Waals surface area contributed by atoms with Gasteiger partial charge in [0.15, 0.2) is 0 Å². The van der Waals surface area contributed by atoms with E-state index in [0.29, 0.717) is 0 Å². The Balaban J connectivity index is 1.79. The van der Waals surface area contributed by atoms with E-state index in [1.807, 2.05) is 25.1 Å². The monoisotopic (exact) mass is 640 g/mol. The Labute approximate surface area is 219 Å². The molecule has 2 N–H and O–H groups in total. The lowest BCUT2D eigenvalue weighted by Gasteiger charge is -2.20. The standard InChI is InChI=1S/C24H20Br2F6N2O2/c1-13(15-5-7-18(25)19(26)11-15)2-3-14-4-6-16(17(10-14)24(30,31)32)20(35)34-22(8-9-22)21(36)33-12-23(27,28)29/h2-7,10-11,13H,8-9,12H2,1H3,(H,33,36)(H,34,35)/b3-2+. The molecule has 0 radical (unpaired) electrons. The van der Waals surface area contributed by atoms with Gasteiger partial charge >= 0.3 is 12.4 Å². The van der Waals surface area contributed by atoms with Crippen molar-refractivity contribution < 1.29 is 35.9 Å². The maximum Gasteiger partial charge on any atom is 0.417 e. The van der Waals surface area contributed by atoms with E-state index in [4.69, 9.17) is 0 Å². The number of amides is 2. The van der Waals surface area contributed by atoms with Crippen molar-refractivity contribution >= 4 is 49.8 Å². The number of alkyl halides is 6. The second-order valence-corrected chi connectivity index (χ2v) is 10.2. The van der Waals surface area contributed by atoms with Crippen molar-refractivity contribution in [3.63, 3.8) is 0 Å². The van der Waals surface area contributed by atoms with Crippen molar-refractivity contribution in [2.75, 3.05) is 6.54 Å². The molecule has 12 heteroatoms. The highest BCUT2D eigenvalue weighted by Gasteiger charge is 2.52. The number of hydrogen-bond donors (Lipinski definition) is 2. The molecule has 0 heterocycles.